The fourth-order valence-electron chi connectivity index (χ4n) is 2.53. The number of amides is 1. The van der Waals surface area contributed by atoms with E-state index in [9.17, 15) is 4.79 Å². The molecule has 28 heavy (non-hydrogen) atoms. The molecule has 7 heteroatoms. The summed E-state index contributed by atoms with van der Waals surface area (Å²) in [5, 5.41) is 6.76. The normalized spacial score (nSPS) is 10.2. The van der Waals surface area contributed by atoms with Gasteiger partial charge in [0.05, 0.1) is 31.8 Å². The monoisotopic (exact) mass is 397 g/mol. The van der Waals surface area contributed by atoms with Gasteiger partial charge < -0.3 is 20.1 Å². The van der Waals surface area contributed by atoms with Crippen LogP contribution in [0.25, 0.3) is 0 Å². The van der Waals surface area contributed by atoms with Crippen LogP contribution in [0.15, 0.2) is 60.8 Å². The molecule has 0 aliphatic rings. The van der Waals surface area contributed by atoms with Gasteiger partial charge in [0.2, 0.25) is 0 Å². The van der Waals surface area contributed by atoms with Gasteiger partial charge in [0.25, 0.3) is 5.91 Å². The third-order valence-corrected chi connectivity index (χ3v) is 4.31. The molecule has 0 saturated heterocycles. The number of anilines is 2. The van der Waals surface area contributed by atoms with Crippen LogP contribution in [-0.2, 0) is 6.54 Å². The van der Waals surface area contributed by atoms with Gasteiger partial charge in [0.1, 0.15) is 17.2 Å². The fourth-order valence-corrected chi connectivity index (χ4v) is 2.65. The highest BCUT2D eigenvalue weighted by molar-refractivity contribution is 6.30. The smallest absolute Gasteiger partial charge is 0.274 e. The van der Waals surface area contributed by atoms with Crippen molar-refractivity contribution in [3.05, 3.63) is 77.1 Å². The number of hydrogen-bond acceptors (Lipinski definition) is 5. The molecule has 3 aromatic rings. The molecule has 0 radical (unpaired) electrons. The minimum Gasteiger partial charge on any atom is -0.497 e. The molecule has 144 valence electrons. The summed E-state index contributed by atoms with van der Waals surface area (Å²) in [5.41, 5.74) is 2.75. The van der Waals surface area contributed by atoms with E-state index in [0.717, 1.165) is 11.3 Å². The number of ether oxygens (including phenoxy) is 2. The van der Waals surface area contributed by atoms with E-state index in [0.29, 0.717) is 34.4 Å². The highest BCUT2D eigenvalue weighted by atomic mass is 35.5. The van der Waals surface area contributed by atoms with Gasteiger partial charge in [-0.1, -0.05) is 23.7 Å². The van der Waals surface area contributed by atoms with Crippen molar-refractivity contribution in [1.82, 2.24) is 4.98 Å². The highest BCUT2D eigenvalue weighted by Crippen LogP contribution is 2.29. The zero-order valence-corrected chi connectivity index (χ0v) is 16.3. The van der Waals surface area contributed by atoms with Crippen LogP contribution < -0.4 is 20.1 Å². The zero-order valence-electron chi connectivity index (χ0n) is 15.5. The molecule has 0 aliphatic carbocycles. The molecule has 1 heterocycles. The lowest BCUT2D eigenvalue weighted by molar-refractivity contribution is 0.102. The lowest BCUT2D eigenvalue weighted by Gasteiger charge is -2.12. The number of hydrogen-bond donors (Lipinski definition) is 2. The molecule has 3 rings (SSSR count). The number of aromatic nitrogens is 1. The van der Waals surface area contributed by atoms with E-state index in [2.05, 4.69) is 15.6 Å². The molecular weight excluding hydrogens is 378 g/mol. The van der Waals surface area contributed by atoms with E-state index in [-0.39, 0.29) is 5.91 Å². The quantitative estimate of drug-likeness (QED) is 0.608. The van der Waals surface area contributed by atoms with Crippen molar-refractivity contribution in [2.24, 2.45) is 0 Å². The number of pyridine rings is 1. The van der Waals surface area contributed by atoms with Crippen LogP contribution in [0.2, 0.25) is 5.02 Å². The first-order valence-corrected chi connectivity index (χ1v) is 8.94. The number of nitrogens with one attached hydrogen (secondary N) is 2. The Balaban J connectivity index is 1.62. The van der Waals surface area contributed by atoms with Crippen LogP contribution in [0.4, 0.5) is 11.4 Å². The Morgan fingerprint density at radius 1 is 1.04 bits per heavy atom. The van der Waals surface area contributed by atoms with Crippen LogP contribution in [-0.4, -0.2) is 25.1 Å². The molecule has 1 aromatic heterocycles. The van der Waals surface area contributed by atoms with Crippen molar-refractivity contribution in [3.8, 4) is 11.5 Å². The Morgan fingerprint density at radius 3 is 2.46 bits per heavy atom. The van der Waals surface area contributed by atoms with E-state index in [1.165, 1.54) is 7.11 Å². The average molecular weight is 398 g/mol. The van der Waals surface area contributed by atoms with Gasteiger partial charge in [-0.2, -0.15) is 0 Å². The maximum Gasteiger partial charge on any atom is 0.274 e. The van der Waals surface area contributed by atoms with Gasteiger partial charge in [-0.3, -0.25) is 4.79 Å². The Kier molecular flexibility index (Phi) is 6.34. The van der Waals surface area contributed by atoms with Crippen molar-refractivity contribution in [2.75, 3.05) is 24.9 Å². The van der Waals surface area contributed by atoms with Crippen LogP contribution in [0.3, 0.4) is 0 Å². The largest absolute Gasteiger partial charge is 0.497 e. The van der Waals surface area contributed by atoms with Gasteiger partial charge in [-0.15, -0.1) is 0 Å². The Bertz CT molecular complexity index is 944. The predicted molar refractivity (Wildman–Crippen MR) is 111 cm³/mol. The number of methoxy groups -OCH3 is 2. The third-order valence-electron chi connectivity index (χ3n) is 4.06. The molecule has 0 unspecified atom stereocenters. The van der Waals surface area contributed by atoms with Crippen LogP contribution in [0.1, 0.15) is 16.1 Å². The summed E-state index contributed by atoms with van der Waals surface area (Å²) < 4.78 is 10.4. The zero-order chi connectivity index (χ0) is 19.9. The summed E-state index contributed by atoms with van der Waals surface area (Å²) in [7, 11) is 3.10. The molecular formula is C21H20ClN3O3. The minimum atomic E-state index is -0.326. The molecule has 0 bridgehead atoms. The topological polar surface area (TPSA) is 72.5 Å². The second kappa shape index (κ2) is 9.10. The molecule has 0 aliphatic heterocycles. The summed E-state index contributed by atoms with van der Waals surface area (Å²) in [6.45, 7) is 0.632. The molecule has 2 N–H and O–H groups in total. The van der Waals surface area contributed by atoms with Crippen molar-refractivity contribution >= 4 is 28.9 Å². The third kappa shape index (κ3) is 4.92. The molecule has 0 fully saturated rings. The van der Waals surface area contributed by atoms with Gasteiger partial charge in [0.15, 0.2) is 0 Å². The number of carbonyl (C=O) groups is 1. The number of benzene rings is 2. The Labute approximate surface area is 168 Å². The van der Waals surface area contributed by atoms with E-state index >= 15 is 0 Å². The lowest BCUT2D eigenvalue weighted by Crippen LogP contribution is -2.14. The molecule has 6 nitrogen and oxygen atoms in total. The number of rotatable bonds is 7. The molecule has 0 atom stereocenters. The Hall–Kier alpha value is -3.25. The van der Waals surface area contributed by atoms with Crippen LogP contribution in [0.5, 0.6) is 11.5 Å². The minimum absolute atomic E-state index is 0.301. The molecule has 1 amide bonds. The van der Waals surface area contributed by atoms with Gasteiger partial charge in [-0.25, -0.2) is 4.98 Å². The second-order valence-electron chi connectivity index (χ2n) is 5.93. The van der Waals surface area contributed by atoms with Crippen LogP contribution in [0, 0.1) is 0 Å². The maximum atomic E-state index is 12.5. The van der Waals surface area contributed by atoms with E-state index in [4.69, 9.17) is 21.1 Å². The maximum absolute atomic E-state index is 12.5. The lowest BCUT2D eigenvalue weighted by atomic mass is 10.2. The second-order valence-corrected chi connectivity index (χ2v) is 6.37. The summed E-state index contributed by atoms with van der Waals surface area (Å²) in [6, 6.07) is 16.2. The first kappa shape index (κ1) is 19.5. The predicted octanol–water partition coefficient (Wildman–Crippen LogP) is 4.62. The average Bonchev–Trinajstić information content (AvgIpc) is 2.74. The van der Waals surface area contributed by atoms with E-state index in [1.807, 2.05) is 30.3 Å². The SMILES string of the molecule is COc1ccc(NC(=O)c2ccc(NCc3ccc(Cl)cc3)cn2)c(OC)c1. The van der Waals surface area contributed by atoms with Crippen molar-refractivity contribution in [2.45, 2.75) is 6.54 Å². The highest BCUT2D eigenvalue weighted by Gasteiger charge is 2.12. The fraction of sp³-hybridized carbons (Fsp3) is 0.143. The number of carbonyl (C=O) groups excluding carboxylic acids is 1. The van der Waals surface area contributed by atoms with E-state index < -0.39 is 0 Å². The first-order valence-electron chi connectivity index (χ1n) is 8.57. The Morgan fingerprint density at radius 2 is 1.82 bits per heavy atom. The van der Waals surface area contributed by atoms with Crippen molar-refractivity contribution in [1.29, 1.82) is 0 Å². The van der Waals surface area contributed by atoms with Crippen LogP contribution >= 0.6 is 11.6 Å². The molecule has 2 aromatic carbocycles. The van der Waals surface area contributed by atoms with Crippen molar-refractivity contribution in [3.63, 3.8) is 0 Å². The van der Waals surface area contributed by atoms with Crippen molar-refractivity contribution < 1.29 is 14.3 Å². The first-order chi connectivity index (χ1) is 13.6. The van der Waals surface area contributed by atoms with Gasteiger partial charge in [-0.05, 0) is 42.0 Å². The van der Waals surface area contributed by atoms with E-state index in [1.54, 1.807) is 37.6 Å². The summed E-state index contributed by atoms with van der Waals surface area (Å²) >= 11 is 5.89. The number of nitrogens with zero attached hydrogens (tertiary/aromatic N) is 1. The molecule has 0 saturated carbocycles. The number of halogens is 1. The summed E-state index contributed by atoms with van der Waals surface area (Å²) in [4.78, 5) is 16.7. The molecule has 0 spiro atoms. The standard InChI is InChI=1S/C21H20ClN3O3/c1-27-17-8-10-18(20(11-17)28-2)25-21(26)19-9-7-16(13-24-19)23-12-14-3-5-15(22)6-4-14/h3-11,13,23H,12H2,1-2H3,(H,25,26). The van der Waals surface area contributed by atoms with Gasteiger partial charge >= 0.3 is 0 Å². The summed E-state index contributed by atoms with van der Waals surface area (Å²) in [5.74, 6) is 0.825. The van der Waals surface area contributed by atoms with Gasteiger partial charge in [0, 0.05) is 17.6 Å². The summed E-state index contributed by atoms with van der Waals surface area (Å²) in [6.07, 6.45) is 1.62.